The van der Waals surface area contributed by atoms with E-state index in [1.54, 1.807) is 24.3 Å². The highest BCUT2D eigenvalue weighted by Crippen LogP contribution is 2.38. The molecule has 0 amide bonds. The standard InChI is InChI=1S/C20H16BrNO2/c1-20(2)8-7-14-10-17(21)11-15(19(14)24-20)9-16(12-22)13-3-5-18(23)6-4-13/h3-11,23H,1-2H3/b16-9+. The number of phenols is 1. The van der Waals surface area contributed by atoms with Gasteiger partial charge in [-0.1, -0.05) is 22.0 Å². The molecule has 0 fully saturated rings. The van der Waals surface area contributed by atoms with Crippen molar-refractivity contribution in [3.8, 4) is 17.6 Å². The zero-order chi connectivity index (χ0) is 17.3. The molecule has 0 radical (unpaired) electrons. The zero-order valence-electron chi connectivity index (χ0n) is 13.4. The molecule has 1 aliphatic rings. The summed E-state index contributed by atoms with van der Waals surface area (Å²) in [5.41, 5.74) is 2.66. The number of benzene rings is 2. The van der Waals surface area contributed by atoms with E-state index >= 15 is 0 Å². The molecule has 0 saturated heterocycles. The van der Waals surface area contributed by atoms with Crippen molar-refractivity contribution in [2.24, 2.45) is 0 Å². The minimum Gasteiger partial charge on any atom is -0.508 e. The highest BCUT2D eigenvalue weighted by Gasteiger charge is 2.24. The molecule has 24 heavy (non-hydrogen) atoms. The van der Waals surface area contributed by atoms with Crippen molar-refractivity contribution >= 4 is 33.7 Å². The summed E-state index contributed by atoms with van der Waals surface area (Å²) in [4.78, 5) is 0. The lowest BCUT2D eigenvalue weighted by Gasteiger charge is -2.29. The Labute approximate surface area is 149 Å². The Kier molecular flexibility index (Phi) is 4.21. The van der Waals surface area contributed by atoms with Crippen LogP contribution in [-0.4, -0.2) is 10.7 Å². The van der Waals surface area contributed by atoms with Gasteiger partial charge in [0.05, 0.1) is 11.6 Å². The molecule has 0 saturated carbocycles. The van der Waals surface area contributed by atoms with E-state index in [9.17, 15) is 10.4 Å². The highest BCUT2D eigenvalue weighted by molar-refractivity contribution is 9.10. The minimum absolute atomic E-state index is 0.172. The van der Waals surface area contributed by atoms with Crippen LogP contribution < -0.4 is 4.74 Å². The maximum atomic E-state index is 9.54. The third-order valence-electron chi connectivity index (χ3n) is 3.74. The van der Waals surface area contributed by atoms with E-state index < -0.39 is 5.60 Å². The van der Waals surface area contributed by atoms with Crippen molar-refractivity contribution in [1.82, 2.24) is 0 Å². The van der Waals surface area contributed by atoms with Gasteiger partial charge in [-0.15, -0.1) is 0 Å². The smallest absolute Gasteiger partial charge is 0.135 e. The molecule has 1 N–H and O–H groups in total. The predicted octanol–water partition coefficient (Wildman–Crippen LogP) is 5.40. The topological polar surface area (TPSA) is 53.2 Å². The second-order valence-electron chi connectivity index (χ2n) is 6.17. The average Bonchev–Trinajstić information content (AvgIpc) is 2.53. The molecular formula is C20H16BrNO2. The lowest BCUT2D eigenvalue weighted by atomic mass is 9.97. The van der Waals surface area contributed by atoms with E-state index in [-0.39, 0.29) is 5.75 Å². The van der Waals surface area contributed by atoms with Crippen LogP contribution in [0.15, 0.2) is 46.9 Å². The van der Waals surface area contributed by atoms with Gasteiger partial charge in [-0.25, -0.2) is 0 Å². The summed E-state index contributed by atoms with van der Waals surface area (Å²) in [5.74, 6) is 0.934. The minimum atomic E-state index is -0.394. The molecule has 3 rings (SSSR count). The number of hydrogen-bond donors (Lipinski definition) is 1. The Morgan fingerprint density at radius 2 is 1.96 bits per heavy atom. The maximum absolute atomic E-state index is 9.54. The first kappa shape index (κ1) is 16.4. The Bertz CT molecular complexity index is 887. The van der Waals surface area contributed by atoms with Crippen molar-refractivity contribution < 1.29 is 9.84 Å². The van der Waals surface area contributed by atoms with Gasteiger partial charge < -0.3 is 9.84 Å². The number of ether oxygens (including phenoxy) is 1. The molecule has 0 aromatic heterocycles. The third-order valence-corrected chi connectivity index (χ3v) is 4.20. The van der Waals surface area contributed by atoms with Crippen molar-refractivity contribution in [2.75, 3.05) is 0 Å². The Morgan fingerprint density at radius 3 is 2.62 bits per heavy atom. The number of nitriles is 1. The SMILES string of the molecule is CC1(C)C=Cc2cc(Br)cc(/C=C(\C#N)c3ccc(O)cc3)c2O1. The lowest BCUT2D eigenvalue weighted by molar-refractivity contribution is 0.158. The quantitative estimate of drug-likeness (QED) is 0.559. The zero-order valence-corrected chi connectivity index (χ0v) is 15.0. The largest absolute Gasteiger partial charge is 0.508 e. The number of aromatic hydroxyl groups is 1. The summed E-state index contributed by atoms with van der Waals surface area (Å²) in [6, 6.07) is 12.7. The van der Waals surface area contributed by atoms with Crippen molar-refractivity contribution in [3.05, 3.63) is 63.6 Å². The van der Waals surface area contributed by atoms with E-state index in [1.807, 2.05) is 44.2 Å². The van der Waals surface area contributed by atoms with E-state index in [1.165, 1.54) is 0 Å². The van der Waals surface area contributed by atoms with Gasteiger partial charge in [0.2, 0.25) is 0 Å². The molecule has 0 spiro atoms. The van der Waals surface area contributed by atoms with Crippen LogP contribution in [0.5, 0.6) is 11.5 Å². The van der Waals surface area contributed by atoms with Gasteiger partial charge in [-0.05, 0) is 68.0 Å². The number of halogens is 1. The normalized spacial score (nSPS) is 15.3. The predicted molar refractivity (Wildman–Crippen MR) is 99.5 cm³/mol. The molecule has 1 aliphatic heterocycles. The molecule has 0 aliphatic carbocycles. The Hall–Kier alpha value is -2.51. The van der Waals surface area contributed by atoms with Crippen molar-refractivity contribution in [1.29, 1.82) is 5.26 Å². The lowest BCUT2D eigenvalue weighted by Crippen LogP contribution is -2.27. The van der Waals surface area contributed by atoms with E-state index in [0.29, 0.717) is 5.57 Å². The van der Waals surface area contributed by atoms with Crippen molar-refractivity contribution in [3.63, 3.8) is 0 Å². The molecule has 0 unspecified atom stereocenters. The second kappa shape index (κ2) is 6.18. The van der Waals surface area contributed by atoms with Crippen molar-refractivity contribution in [2.45, 2.75) is 19.4 Å². The molecule has 1 heterocycles. The van der Waals surface area contributed by atoms with Gasteiger partial charge in [-0.3, -0.25) is 0 Å². The number of rotatable bonds is 2. The fraction of sp³-hybridized carbons (Fsp3) is 0.150. The summed E-state index contributed by atoms with van der Waals surface area (Å²) in [5, 5.41) is 19.0. The fourth-order valence-electron chi connectivity index (χ4n) is 2.55. The van der Waals surface area contributed by atoms with Gasteiger partial charge in [-0.2, -0.15) is 5.26 Å². The number of fused-ring (bicyclic) bond motifs is 1. The van der Waals surface area contributed by atoms with Gasteiger partial charge in [0.1, 0.15) is 17.1 Å². The first-order valence-corrected chi connectivity index (χ1v) is 8.30. The highest BCUT2D eigenvalue weighted by atomic mass is 79.9. The second-order valence-corrected chi connectivity index (χ2v) is 7.08. The molecule has 120 valence electrons. The van der Waals surface area contributed by atoms with Gasteiger partial charge in [0.15, 0.2) is 0 Å². The summed E-state index contributed by atoms with van der Waals surface area (Å²) < 4.78 is 7.02. The Morgan fingerprint density at radius 1 is 1.25 bits per heavy atom. The van der Waals surface area contributed by atoms with Crippen LogP contribution in [-0.2, 0) is 0 Å². The summed E-state index contributed by atoms with van der Waals surface area (Å²) >= 11 is 3.51. The third kappa shape index (κ3) is 3.37. The van der Waals surface area contributed by atoms with E-state index in [2.05, 4.69) is 22.0 Å². The number of hydrogen-bond acceptors (Lipinski definition) is 3. The number of allylic oxidation sites excluding steroid dienone is 1. The van der Waals surface area contributed by atoms with Crippen LogP contribution in [0.4, 0.5) is 0 Å². The molecule has 4 heteroatoms. The summed E-state index contributed by atoms with van der Waals surface area (Å²) in [7, 11) is 0. The fourth-order valence-corrected chi connectivity index (χ4v) is 3.04. The summed E-state index contributed by atoms with van der Waals surface area (Å²) in [6.07, 6.45) is 5.86. The Balaban J connectivity index is 2.12. The van der Waals surface area contributed by atoms with Crippen LogP contribution in [0, 0.1) is 11.3 Å². The van der Waals surface area contributed by atoms with Crippen LogP contribution in [0.3, 0.4) is 0 Å². The average molecular weight is 382 g/mol. The van der Waals surface area contributed by atoms with Gasteiger partial charge in [0.25, 0.3) is 0 Å². The molecule has 2 aromatic carbocycles. The molecule has 0 atom stereocenters. The van der Waals surface area contributed by atoms with Crippen LogP contribution >= 0.6 is 15.9 Å². The number of phenolic OH excluding ortho intramolecular Hbond substituents is 1. The first-order chi connectivity index (χ1) is 11.4. The molecule has 2 aromatic rings. The monoisotopic (exact) mass is 381 g/mol. The molecule has 0 bridgehead atoms. The van der Waals surface area contributed by atoms with E-state index in [4.69, 9.17) is 4.74 Å². The van der Waals surface area contributed by atoms with Crippen LogP contribution in [0.25, 0.3) is 17.7 Å². The first-order valence-electron chi connectivity index (χ1n) is 7.51. The summed E-state index contributed by atoms with van der Waals surface area (Å²) in [6.45, 7) is 3.99. The number of nitrogens with zero attached hydrogens (tertiary/aromatic N) is 1. The molecule has 3 nitrogen and oxygen atoms in total. The molecular weight excluding hydrogens is 366 g/mol. The van der Waals surface area contributed by atoms with Gasteiger partial charge >= 0.3 is 0 Å². The van der Waals surface area contributed by atoms with Crippen LogP contribution in [0.2, 0.25) is 0 Å². The van der Waals surface area contributed by atoms with Crippen LogP contribution in [0.1, 0.15) is 30.5 Å². The maximum Gasteiger partial charge on any atom is 0.135 e. The van der Waals surface area contributed by atoms with Gasteiger partial charge in [0, 0.05) is 15.6 Å². The van der Waals surface area contributed by atoms with E-state index in [0.717, 1.165) is 26.9 Å².